The summed E-state index contributed by atoms with van der Waals surface area (Å²) < 4.78 is 17.3. The minimum Gasteiger partial charge on any atom is -0.468 e. The SMILES string of the molecule is COC(=O)C(C)NCc1cncc(F)c1. The van der Waals surface area contributed by atoms with Crippen LogP contribution in [0.1, 0.15) is 12.5 Å². The average molecular weight is 212 g/mol. The van der Waals surface area contributed by atoms with Crippen LogP contribution in [0.5, 0.6) is 0 Å². The zero-order chi connectivity index (χ0) is 11.3. The molecule has 1 heterocycles. The van der Waals surface area contributed by atoms with Crippen molar-refractivity contribution in [1.82, 2.24) is 10.3 Å². The molecule has 1 rings (SSSR count). The van der Waals surface area contributed by atoms with Gasteiger partial charge in [0.1, 0.15) is 11.9 Å². The molecule has 0 fully saturated rings. The lowest BCUT2D eigenvalue weighted by atomic mass is 10.2. The number of hydrogen-bond donors (Lipinski definition) is 1. The van der Waals surface area contributed by atoms with E-state index in [-0.39, 0.29) is 11.8 Å². The van der Waals surface area contributed by atoms with E-state index in [4.69, 9.17) is 0 Å². The van der Waals surface area contributed by atoms with Crippen molar-refractivity contribution in [2.45, 2.75) is 19.5 Å². The topological polar surface area (TPSA) is 51.2 Å². The zero-order valence-corrected chi connectivity index (χ0v) is 8.66. The van der Waals surface area contributed by atoms with Gasteiger partial charge >= 0.3 is 5.97 Å². The molecule has 0 aliphatic heterocycles. The third-order valence-corrected chi connectivity index (χ3v) is 1.93. The van der Waals surface area contributed by atoms with E-state index in [1.54, 1.807) is 13.1 Å². The summed E-state index contributed by atoms with van der Waals surface area (Å²) >= 11 is 0. The number of ether oxygens (including phenoxy) is 1. The Hall–Kier alpha value is -1.49. The highest BCUT2D eigenvalue weighted by Crippen LogP contribution is 2.00. The Morgan fingerprint density at radius 2 is 2.40 bits per heavy atom. The number of nitrogens with zero attached hydrogens (tertiary/aromatic N) is 1. The lowest BCUT2D eigenvalue weighted by molar-refractivity contribution is -0.142. The first kappa shape index (κ1) is 11.6. The van der Waals surface area contributed by atoms with E-state index in [0.717, 1.165) is 6.20 Å². The molecular formula is C10H13FN2O2. The second-order valence-electron chi connectivity index (χ2n) is 3.14. The molecule has 0 spiro atoms. The van der Waals surface area contributed by atoms with Gasteiger partial charge in [-0.1, -0.05) is 0 Å². The molecule has 0 aromatic carbocycles. The quantitative estimate of drug-likeness (QED) is 0.752. The van der Waals surface area contributed by atoms with Crippen molar-refractivity contribution in [3.05, 3.63) is 29.8 Å². The molecule has 0 saturated heterocycles. The van der Waals surface area contributed by atoms with Gasteiger partial charge in [-0.15, -0.1) is 0 Å². The van der Waals surface area contributed by atoms with Crippen LogP contribution in [0.2, 0.25) is 0 Å². The third kappa shape index (κ3) is 3.63. The van der Waals surface area contributed by atoms with Gasteiger partial charge in [-0.25, -0.2) is 4.39 Å². The average Bonchev–Trinajstić information content (AvgIpc) is 2.25. The maximum Gasteiger partial charge on any atom is 0.322 e. The first-order chi connectivity index (χ1) is 7.13. The monoisotopic (exact) mass is 212 g/mol. The molecular weight excluding hydrogens is 199 g/mol. The fourth-order valence-electron chi connectivity index (χ4n) is 1.08. The fraction of sp³-hybridized carbons (Fsp3) is 0.400. The molecule has 0 aliphatic rings. The summed E-state index contributed by atoms with van der Waals surface area (Å²) in [5.41, 5.74) is 0.686. The van der Waals surface area contributed by atoms with Crippen LogP contribution in [-0.4, -0.2) is 24.1 Å². The summed E-state index contributed by atoms with van der Waals surface area (Å²) in [4.78, 5) is 14.7. The zero-order valence-electron chi connectivity index (χ0n) is 8.66. The Morgan fingerprint density at radius 1 is 1.67 bits per heavy atom. The molecule has 1 N–H and O–H groups in total. The second-order valence-corrected chi connectivity index (χ2v) is 3.14. The smallest absolute Gasteiger partial charge is 0.322 e. The van der Waals surface area contributed by atoms with Crippen LogP contribution in [0.3, 0.4) is 0 Å². The van der Waals surface area contributed by atoms with Crippen LogP contribution in [0.25, 0.3) is 0 Å². The molecule has 4 nitrogen and oxygen atoms in total. The number of aromatic nitrogens is 1. The molecule has 0 amide bonds. The highest BCUT2D eigenvalue weighted by Gasteiger charge is 2.11. The van der Waals surface area contributed by atoms with Crippen molar-refractivity contribution < 1.29 is 13.9 Å². The minimum absolute atomic E-state index is 0.348. The van der Waals surface area contributed by atoms with Gasteiger partial charge in [0.05, 0.1) is 13.3 Å². The summed E-state index contributed by atoms with van der Waals surface area (Å²) in [5, 5.41) is 2.90. The summed E-state index contributed by atoms with van der Waals surface area (Å²) in [6.07, 6.45) is 2.67. The number of carbonyl (C=O) groups is 1. The summed E-state index contributed by atoms with van der Waals surface area (Å²) in [6, 6.07) is 0.947. The van der Waals surface area contributed by atoms with E-state index in [2.05, 4.69) is 15.0 Å². The highest BCUT2D eigenvalue weighted by atomic mass is 19.1. The maximum absolute atomic E-state index is 12.7. The van der Waals surface area contributed by atoms with E-state index in [1.807, 2.05) is 0 Å². The predicted octanol–water partition coefficient (Wildman–Crippen LogP) is 0.872. The lowest BCUT2D eigenvalue weighted by Crippen LogP contribution is -2.34. The first-order valence-corrected chi connectivity index (χ1v) is 4.54. The van der Waals surface area contributed by atoms with Crippen molar-refractivity contribution in [3.8, 4) is 0 Å². The van der Waals surface area contributed by atoms with Crippen LogP contribution < -0.4 is 5.32 Å². The molecule has 15 heavy (non-hydrogen) atoms. The van der Waals surface area contributed by atoms with Crippen LogP contribution in [0.4, 0.5) is 4.39 Å². The van der Waals surface area contributed by atoms with Gasteiger partial charge in [0, 0.05) is 12.7 Å². The number of methoxy groups -OCH3 is 1. The van der Waals surface area contributed by atoms with Crippen molar-refractivity contribution in [2.24, 2.45) is 0 Å². The number of esters is 1. The van der Waals surface area contributed by atoms with E-state index >= 15 is 0 Å². The highest BCUT2D eigenvalue weighted by molar-refractivity contribution is 5.75. The molecule has 1 aromatic rings. The molecule has 5 heteroatoms. The molecule has 0 bridgehead atoms. The van der Waals surface area contributed by atoms with Crippen molar-refractivity contribution in [2.75, 3.05) is 7.11 Å². The van der Waals surface area contributed by atoms with Gasteiger partial charge in [-0.2, -0.15) is 0 Å². The Balaban J connectivity index is 2.47. The number of halogens is 1. The second kappa shape index (κ2) is 5.41. The Kier molecular flexibility index (Phi) is 4.17. The van der Waals surface area contributed by atoms with Crippen molar-refractivity contribution in [3.63, 3.8) is 0 Å². The number of carbonyl (C=O) groups excluding carboxylic acids is 1. The molecule has 1 atom stereocenters. The van der Waals surface area contributed by atoms with Crippen molar-refractivity contribution >= 4 is 5.97 Å². The Labute approximate surface area is 87.5 Å². The van der Waals surface area contributed by atoms with E-state index in [9.17, 15) is 9.18 Å². The number of hydrogen-bond acceptors (Lipinski definition) is 4. The van der Waals surface area contributed by atoms with Crippen LogP contribution >= 0.6 is 0 Å². The lowest BCUT2D eigenvalue weighted by Gasteiger charge is -2.10. The maximum atomic E-state index is 12.7. The molecule has 0 radical (unpaired) electrons. The molecule has 1 unspecified atom stereocenters. The normalized spacial score (nSPS) is 12.2. The fourth-order valence-corrected chi connectivity index (χ4v) is 1.08. The molecule has 0 aliphatic carbocycles. The van der Waals surface area contributed by atoms with Gasteiger partial charge in [0.25, 0.3) is 0 Å². The summed E-state index contributed by atoms with van der Waals surface area (Å²) in [7, 11) is 1.32. The van der Waals surface area contributed by atoms with E-state index < -0.39 is 6.04 Å². The Bertz CT molecular complexity index is 344. The van der Waals surface area contributed by atoms with Gasteiger partial charge in [0.2, 0.25) is 0 Å². The standard InChI is InChI=1S/C10H13FN2O2/c1-7(10(14)15-2)13-5-8-3-9(11)6-12-4-8/h3-4,6-7,13H,5H2,1-2H3. The van der Waals surface area contributed by atoms with Gasteiger partial charge in [0.15, 0.2) is 0 Å². The first-order valence-electron chi connectivity index (χ1n) is 4.54. The van der Waals surface area contributed by atoms with E-state index in [1.165, 1.54) is 13.2 Å². The van der Waals surface area contributed by atoms with Gasteiger partial charge < -0.3 is 10.1 Å². The predicted molar refractivity (Wildman–Crippen MR) is 52.5 cm³/mol. The number of pyridine rings is 1. The Morgan fingerprint density at radius 3 is 3.00 bits per heavy atom. The van der Waals surface area contributed by atoms with Crippen LogP contribution in [-0.2, 0) is 16.1 Å². The largest absolute Gasteiger partial charge is 0.468 e. The number of rotatable bonds is 4. The van der Waals surface area contributed by atoms with Crippen LogP contribution in [0.15, 0.2) is 18.5 Å². The molecule has 1 aromatic heterocycles. The van der Waals surface area contributed by atoms with Gasteiger partial charge in [-0.05, 0) is 18.6 Å². The minimum atomic E-state index is -0.418. The van der Waals surface area contributed by atoms with Crippen LogP contribution in [0, 0.1) is 5.82 Å². The number of nitrogens with one attached hydrogen (secondary N) is 1. The third-order valence-electron chi connectivity index (χ3n) is 1.93. The van der Waals surface area contributed by atoms with E-state index in [0.29, 0.717) is 12.1 Å². The molecule has 0 saturated carbocycles. The van der Waals surface area contributed by atoms with Gasteiger partial charge in [-0.3, -0.25) is 9.78 Å². The summed E-state index contributed by atoms with van der Waals surface area (Å²) in [6.45, 7) is 2.06. The van der Waals surface area contributed by atoms with Crippen molar-refractivity contribution in [1.29, 1.82) is 0 Å². The summed E-state index contributed by atoms with van der Waals surface area (Å²) in [5.74, 6) is -0.737. The molecule has 82 valence electrons.